The highest BCUT2D eigenvalue weighted by molar-refractivity contribution is 14.1. The Kier molecular flexibility index (Phi) is 6.39. The number of carbonyl (C=O) groups excluding carboxylic acids is 1. The molecule has 0 aliphatic rings. The van der Waals surface area contributed by atoms with Gasteiger partial charge in [0.15, 0.2) is 0 Å². The predicted molar refractivity (Wildman–Crippen MR) is 71.3 cm³/mol. The zero-order valence-corrected chi connectivity index (χ0v) is 10.9. The van der Waals surface area contributed by atoms with Crippen molar-refractivity contribution in [2.24, 2.45) is 0 Å². The van der Waals surface area contributed by atoms with Crippen LogP contribution in [0.25, 0.3) is 0 Å². The van der Waals surface area contributed by atoms with Crippen molar-refractivity contribution in [3.05, 3.63) is 35.9 Å². The van der Waals surface area contributed by atoms with Gasteiger partial charge in [0.05, 0.1) is 0 Å². The molecule has 1 N–H and O–H groups in total. The van der Waals surface area contributed by atoms with Gasteiger partial charge in [0.1, 0.15) is 0 Å². The van der Waals surface area contributed by atoms with Crippen molar-refractivity contribution < 1.29 is 4.79 Å². The van der Waals surface area contributed by atoms with Gasteiger partial charge in [-0.3, -0.25) is 4.79 Å². The van der Waals surface area contributed by atoms with Crippen LogP contribution in [-0.4, -0.2) is 16.9 Å². The Morgan fingerprint density at radius 3 is 2.67 bits per heavy atom. The average Bonchev–Trinajstić information content (AvgIpc) is 2.28. The van der Waals surface area contributed by atoms with Gasteiger partial charge in [-0.15, -0.1) is 0 Å². The fourth-order valence-corrected chi connectivity index (χ4v) is 1.67. The fourth-order valence-electron chi connectivity index (χ4n) is 1.29. The predicted octanol–water partition coefficient (Wildman–Crippen LogP) is 2.56. The van der Waals surface area contributed by atoms with Crippen LogP contribution in [0, 0.1) is 0 Å². The Morgan fingerprint density at radius 2 is 2.00 bits per heavy atom. The molecule has 1 amide bonds. The maximum Gasteiger partial charge on any atom is 0.220 e. The molecule has 0 aliphatic heterocycles. The summed E-state index contributed by atoms with van der Waals surface area (Å²) < 4.78 is 1.09. The molecule has 1 aromatic carbocycles. The fraction of sp³-hybridized carbons (Fsp3) is 0.417. The van der Waals surface area contributed by atoms with E-state index in [4.69, 9.17) is 0 Å². The van der Waals surface area contributed by atoms with Gasteiger partial charge in [0.2, 0.25) is 5.91 Å². The molecule has 82 valence electrons. The van der Waals surface area contributed by atoms with Gasteiger partial charge in [0.25, 0.3) is 0 Å². The van der Waals surface area contributed by atoms with Crippen LogP contribution >= 0.6 is 22.6 Å². The molecule has 0 heterocycles. The lowest BCUT2D eigenvalue weighted by Gasteiger charge is -2.03. The van der Waals surface area contributed by atoms with E-state index in [0.717, 1.165) is 23.8 Å². The first-order chi connectivity index (χ1) is 7.33. The highest BCUT2D eigenvalue weighted by atomic mass is 127. The second kappa shape index (κ2) is 7.68. The molecule has 1 rings (SSSR count). The van der Waals surface area contributed by atoms with Crippen LogP contribution in [0.3, 0.4) is 0 Å². The zero-order valence-electron chi connectivity index (χ0n) is 8.71. The van der Waals surface area contributed by atoms with E-state index in [1.165, 1.54) is 5.56 Å². The van der Waals surface area contributed by atoms with Gasteiger partial charge in [-0.1, -0.05) is 52.9 Å². The minimum atomic E-state index is 0.156. The van der Waals surface area contributed by atoms with E-state index >= 15 is 0 Å². The van der Waals surface area contributed by atoms with Gasteiger partial charge < -0.3 is 5.32 Å². The molecule has 0 unspecified atom stereocenters. The minimum absolute atomic E-state index is 0.156. The van der Waals surface area contributed by atoms with E-state index in [1.54, 1.807) is 0 Å². The molecule has 0 spiro atoms. The van der Waals surface area contributed by atoms with Crippen molar-refractivity contribution in [3.8, 4) is 0 Å². The monoisotopic (exact) mass is 317 g/mol. The molecule has 0 aromatic heterocycles. The largest absolute Gasteiger partial charge is 0.356 e. The van der Waals surface area contributed by atoms with Crippen LogP contribution < -0.4 is 5.32 Å². The Balaban J connectivity index is 2.17. The summed E-state index contributed by atoms with van der Waals surface area (Å²) in [6.07, 6.45) is 2.47. The van der Waals surface area contributed by atoms with Crippen molar-refractivity contribution in [3.63, 3.8) is 0 Å². The highest BCUT2D eigenvalue weighted by Gasteiger charge is 2.00. The molecule has 0 bridgehead atoms. The maximum atomic E-state index is 11.4. The van der Waals surface area contributed by atoms with E-state index in [0.29, 0.717) is 6.42 Å². The number of nitrogens with one attached hydrogen (secondary N) is 1. The van der Waals surface area contributed by atoms with Crippen LogP contribution in [-0.2, 0) is 11.2 Å². The molecule has 0 fully saturated rings. The van der Waals surface area contributed by atoms with Crippen molar-refractivity contribution in [1.29, 1.82) is 0 Å². The summed E-state index contributed by atoms with van der Waals surface area (Å²) in [6.45, 7) is 0.802. The van der Waals surface area contributed by atoms with Crippen LogP contribution in [0.1, 0.15) is 18.4 Å². The summed E-state index contributed by atoms with van der Waals surface area (Å²) in [5.41, 5.74) is 1.22. The Morgan fingerprint density at radius 1 is 1.27 bits per heavy atom. The summed E-state index contributed by atoms with van der Waals surface area (Å²) in [4.78, 5) is 11.4. The van der Waals surface area contributed by atoms with Crippen LogP contribution in [0.15, 0.2) is 30.3 Å². The third-order valence-corrected chi connectivity index (χ3v) is 2.88. The number of amides is 1. The molecule has 0 saturated heterocycles. The molecule has 0 atom stereocenters. The number of hydrogen-bond donors (Lipinski definition) is 1. The van der Waals surface area contributed by atoms with Gasteiger partial charge in [-0.25, -0.2) is 0 Å². The van der Waals surface area contributed by atoms with Gasteiger partial charge in [-0.05, 0) is 18.4 Å². The molecule has 15 heavy (non-hydrogen) atoms. The zero-order chi connectivity index (χ0) is 10.9. The number of rotatable bonds is 6. The molecular weight excluding hydrogens is 301 g/mol. The number of hydrogen-bond acceptors (Lipinski definition) is 1. The number of aryl methyl sites for hydroxylation is 1. The first-order valence-electron chi connectivity index (χ1n) is 5.19. The molecule has 0 radical (unpaired) electrons. The number of carbonyl (C=O) groups is 1. The highest BCUT2D eigenvalue weighted by Crippen LogP contribution is 2.01. The standard InChI is InChI=1S/C12H16INO/c13-9-4-10-14-12(15)8-7-11-5-2-1-3-6-11/h1-3,5-6H,4,7-10H2,(H,14,15). The summed E-state index contributed by atoms with van der Waals surface area (Å²) in [5, 5.41) is 2.91. The lowest BCUT2D eigenvalue weighted by atomic mass is 10.1. The Hall–Kier alpha value is -0.580. The van der Waals surface area contributed by atoms with E-state index in [1.807, 2.05) is 18.2 Å². The maximum absolute atomic E-state index is 11.4. The topological polar surface area (TPSA) is 29.1 Å². The molecule has 1 aromatic rings. The van der Waals surface area contributed by atoms with Crippen molar-refractivity contribution in [1.82, 2.24) is 5.32 Å². The van der Waals surface area contributed by atoms with Crippen LogP contribution in [0.2, 0.25) is 0 Å². The van der Waals surface area contributed by atoms with Crippen molar-refractivity contribution in [2.45, 2.75) is 19.3 Å². The molecule has 0 saturated carbocycles. The summed E-state index contributed by atoms with van der Waals surface area (Å²) in [7, 11) is 0. The molecule has 0 aliphatic carbocycles. The second-order valence-electron chi connectivity index (χ2n) is 3.38. The first kappa shape index (κ1) is 12.5. The van der Waals surface area contributed by atoms with Gasteiger partial charge >= 0.3 is 0 Å². The molecule has 3 heteroatoms. The average molecular weight is 317 g/mol. The van der Waals surface area contributed by atoms with E-state index in [-0.39, 0.29) is 5.91 Å². The third-order valence-electron chi connectivity index (χ3n) is 2.12. The van der Waals surface area contributed by atoms with E-state index in [2.05, 4.69) is 40.0 Å². The van der Waals surface area contributed by atoms with Crippen LogP contribution in [0.4, 0.5) is 0 Å². The van der Waals surface area contributed by atoms with Crippen molar-refractivity contribution in [2.75, 3.05) is 11.0 Å². The minimum Gasteiger partial charge on any atom is -0.356 e. The van der Waals surface area contributed by atoms with Gasteiger partial charge in [0, 0.05) is 17.4 Å². The van der Waals surface area contributed by atoms with Gasteiger partial charge in [-0.2, -0.15) is 0 Å². The summed E-state index contributed by atoms with van der Waals surface area (Å²) >= 11 is 2.31. The lowest BCUT2D eigenvalue weighted by molar-refractivity contribution is -0.121. The first-order valence-corrected chi connectivity index (χ1v) is 6.72. The normalized spacial score (nSPS) is 9.93. The number of alkyl halides is 1. The number of benzene rings is 1. The van der Waals surface area contributed by atoms with Crippen LogP contribution in [0.5, 0.6) is 0 Å². The Labute approximate surface area is 105 Å². The second-order valence-corrected chi connectivity index (χ2v) is 4.46. The van der Waals surface area contributed by atoms with E-state index in [9.17, 15) is 4.79 Å². The summed E-state index contributed by atoms with van der Waals surface area (Å²) in [5.74, 6) is 0.156. The smallest absolute Gasteiger partial charge is 0.220 e. The molecule has 2 nitrogen and oxygen atoms in total. The summed E-state index contributed by atoms with van der Waals surface area (Å²) in [6, 6.07) is 10.1. The SMILES string of the molecule is O=C(CCc1ccccc1)NCCCI. The molecular formula is C12H16INO. The Bertz CT molecular complexity index is 287. The quantitative estimate of drug-likeness (QED) is 0.488. The third kappa shape index (κ3) is 5.77. The number of halogens is 1. The lowest BCUT2D eigenvalue weighted by Crippen LogP contribution is -2.24. The van der Waals surface area contributed by atoms with Crippen molar-refractivity contribution >= 4 is 28.5 Å². The van der Waals surface area contributed by atoms with E-state index < -0.39 is 0 Å².